The second-order valence-electron chi connectivity index (χ2n) is 6.32. The minimum atomic E-state index is 0.808. The number of benzene rings is 2. The normalized spacial score (nSPS) is 10.7. The molecule has 0 aliphatic heterocycles. The molecule has 0 fully saturated rings. The highest BCUT2D eigenvalue weighted by Gasteiger charge is 2.09. The van der Waals surface area contributed by atoms with Crippen molar-refractivity contribution in [3.05, 3.63) is 70.2 Å². The molecule has 0 N–H and O–H groups in total. The van der Waals surface area contributed by atoms with Gasteiger partial charge in [-0.25, -0.2) is 0 Å². The van der Waals surface area contributed by atoms with Crippen LogP contribution in [0, 0.1) is 0 Å². The minimum Gasteiger partial charge on any atom is -0.308 e. The number of hydrogen-bond donors (Lipinski definition) is 0. The fraction of sp³-hybridized carbons (Fsp3) is 0.455. The van der Waals surface area contributed by atoms with Crippen LogP contribution in [-0.2, 0) is 19.5 Å². The van der Waals surface area contributed by atoms with Gasteiger partial charge >= 0.3 is 0 Å². The van der Waals surface area contributed by atoms with Gasteiger partial charge in [-0.15, -0.1) is 0 Å². The molecule has 0 saturated carbocycles. The Labute approximate surface area is 159 Å². The van der Waals surface area contributed by atoms with Crippen LogP contribution in [0.3, 0.4) is 0 Å². The van der Waals surface area contributed by atoms with Crippen molar-refractivity contribution in [2.24, 2.45) is 0 Å². The molecule has 138 valence electrons. The molecule has 0 spiro atoms. The summed E-state index contributed by atoms with van der Waals surface area (Å²) < 4.78 is 0. The third kappa shape index (κ3) is 8.53. The van der Waals surface area contributed by atoms with Crippen LogP contribution in [0.2, 0.25) is 5.02 Å². The van der Waals surface area contributed by atoms with Gasteiger partial charge in [0.15, 0.2) is 0 Å². The van der Waals surface area contributed by atoms with E-state index in [1.54, 1.807) is 0 Å². The van der Waals surface area contributed by atoms with Gasteiger partial charge in [-0.2, -0.15) is 0 Å². The Morgan fingerprint density at radius 1 is 0.800 bits per heavy atom. The van der Waals surface area contributed by atoms with E-state index in [0.29, 0.717) is 0 Å². The third-order valence-corrected chi connectivity index (χ3v) is 4.20. The third-order valence-electron chi connectivity index (χ3n) is 3.96. The van der Waals surface area contributed by atoms with E-state index in [9.17, 15) is 0 Å². The summed E-state index contributed by atoms with van der Waals surface area (Å²) in [6.07, 6.45) is 1.08. The van der Waals surface area contributed by atoms with Crippen molar-refractivity contribution in [1.82, 2.24) is 9.80 Å². The predicted molar refractivity (Wildman–Crippen MR) is 111 cm³/mol. The molecule has 0 heterocycles. The van der Waals surface area contributed by atoms with Crippen LogP contribution in [0.5, 0.6) is 0 Å². The van der Waals surface area contributed by atoms with E-state index in [4.69, 9.17) is 11.6 Å². The van der Waals surface area contributed by atoms with Gasteiger partial charge in [-0.3, -0.25) is 4.90 Å². The fourth-order valence-electron chi connectivity index (χ4n) is 2.66. The van der Waals surface area contributed by atoms with Gasteiger partial charge in [0, 0.05) is 31.2 Å². The van der Waals surface area contributed by atoms with Gasteiger partial charge in [-0.05, 0) is 49.3 Å². The van der Waals surface area contributed by atoms with Crippen molar-refractivity contribution >= 4 is 11.6 Å². The molecule has 2 rings (SSSR count). The Morgan fingerprint density at radius 2 is 1.36 bits per heavy atom. The number of nitrogens with zero attached hydrogens (tertiary/aromatic N) is 2. The summed E-state index contributed by atoms with van der Waals surface area (Å²) in [5.74, 6) is 0. The first-order valence-electron chi connectivity index (χ1n) is 9.26. The monoisotopic (exact) mass is 360 g/mol. The van der Waals surface area contributed by atoms with E-state index in [0.717, 1.165) is 37.6 Å². The molecule has 0 amide bonds. The molecule has 0 bridgehead atoms. The van der Waals surface area contributed by atoms with Crippen LogP contribution in [0.25, 0.3) is 0 Å². The minimum absolute atomic E-state index is 0.808. The van der Waals surface area contributed by atoms with Gasteiger partial charge in [0.05, 0.1) is 0 Å². The molecule has 3 heteroatoms. The maximum absolute atomic E-state index is 6.13. The standard InChI is InChI=1S/C20H27ClN2.C2H6/c1-4-17-7-5-8-18(13-17)15-23(12-11-22(2)3)16-19-9-6-10-20(21)14-19;1-2/h5-10,13-14H,4,11-12,15-16H2,1-3H3;1-2H3. The van der Waals surface area contributed by atoms with Crippen LogP contribution in [0.4, 0.5) is 0 Å². The molecule has 0 aromatic heterocycles. The Morgan fingerprint density at radius 3 is 1.92 bits per heavy atom. The SMILES string of the molecule is CC.CCc1cccc(CN(CCN(C)C)Cc2cccc(Cl)c2)c1. The molecule has 2 nitrogen and oxygen atoms in total. The summed E-state index contributed by atoms with van der Waals surface area (Å²) >= 11 is 6.13. The van der Waals surface area contributed by atoms with Crippen LogP contribution < -0.4 is 0 Å². The molecule has 2 aromatic carbocycles. The molecule has 0 saturated heterocycles. The number of hydrogen-bond acceptors (Lipinski definition) is 2. The quantitative estimate of drug-likeness (QED) is 0.613. The Hall–Kier alpha value is -1.35. The van der Waals surface area contributed by atoms with E-state index >= 15 is 0 Å². The molecule has 0 aliphatic rings. The summed E-state index contributed by atoms with van der Waals surface area (Å²) in [7, 11) is 4.24. The zero-order valence-corrected chi connectivity index (χ0v) is 17.2. The zero-order valence-electron chi connectivity index (χ0n) is 16.4. The maximum atomic E-state index is 6.13. The van der Waals surface area contributed by atoms with Gasteiger partial charge < -0.3 is 4.90 Å². The molecular formula is C22H33ClN2. The van der Waals surface area contributed by atoms with E-state index in [1.165, 1.54) is 16.7 Å². The highest BCUT2D eigenvalue weighted by Crippen LogP contribution is 2.15. The lowest BCUT2D eigenvalue weighted by atomic mass is 10.1. The lowest BCUT2D eigenvalue weighted by Crippen LogP contribution is -2.31. The van der Waals surface area contributed by atoms with Crippen molar-refractivity contribution in [2.75, 3.05) is 27.2 Å². The van der Waals surface area contributed by atoms with Crippen LogP contribution in [0.15, 0.2) is 48.5 Å². The van der Waals surface area contributed by atoms with E-state index < -0.39 is 0 Å². The Bertz CT molecular complexity index is 610. The van der Waals surface area contributed by atoms with Crippen molar-refractivity contribution in [3.8, 4) is 0 Å². The highest BCUT2D eigenvalue weighted by atomic mass is 35.5. The first-order chi connectivity index (χ1) is 12.1. The number of likely N-dealkylation sites (N-methyl/N-ethyl adjacent to an activating group) is 1. The zero-order chi connectivity index (χ0) is 18.7. The Balaban J connectivity index is 0.00000151. The number of rotatable bonds is 8. The molecule has 0 unspecified atom stereocenters. The molecular weight excluding hydrogens is 328 g/mol. The molecule has 2 aromatic rings. The maximum Gasteiger partial charge on any atom is 0.0409 e. The van der Waals surface area contributed by atoms with Gasteiger partial charge in [0.25, 0.3) is 0 Å². The Kier molecular flexibility index (Phi) is 10.5. The largest absolute Gasteiger partial charge is 0.308 e. The number of aryl methyl sites for hydroxylation is 1. The average molecular weight is 361 g/mol. The first-order valence-corrected chi connectivity index (χ1v) is 9.64. The highest BCUT2D eigenvalue weighted by molar-refractivity contribution is 6.30. The second-order valence-corrected chi connectivity index (χ2v) is 6.75. The van der Waals surface area contributed by atoms with Crippen molar-refractivity contribution in [3.63, 3.8) is 0 Å². The molecule has 25 heavy (non-hydrogen) atoms. The lowest BCUT2D eigenvalue weighted by molar-refractivity contribution is 0.226. The topological polar surface area (TPSA) is 6.48 Å². The summed E-state index contributed by atoms with van der Waals surface area (Å²) in [5, 5.41) is 0.808. The molecule has 0 radical (unpaired) electrons. The summed E-state index contributed by atoms with van der Waals surface area (Å²) in [5.41, 5.74) is 4.05. The van der Waals surface area contributed by atoms with E-state index in [1.807, 2.05) is 26.0 Å². The van der Waals surface area contributed by atoms with Crippen LogP contribution in [-0.4, -0.2) is 37.0 Å². The summed E-state index contributed by atoms with van der Waals surface area (Å²) in [6, 6.07) is 17.1. The first kappa shape index (κ1) is 21.7. The second kappa shape index (κ2) is 12.1. The van der Waals surface area contributed by atoms with Crippen LogP contribution >= 0.6 is 11.6 Å². The van der Waals surface area contributed by atoms with E-state index in [2.05, 4.69) is 67.2 Å². The average Bonchev–Trinajstić information content (AvgIpc) is 2.61. The van der Waals surface area contributed by atoms with Gasteiger partial charge in [-0.1, -0.05) is 68.8 Å². The van der Waals surface area contributed by atoms with Crippen molar-refractivity contribution in [2.45, 2.75) is 40.3 Å². The summed E-state index contributed by atoms with van der Waals surface area (Å²) in [6.45, 7) is 10.2. The fourth-order valence-corrected chi connectivity index (χ4v) is 2.87. The number of halogens is 1. The molecule has 0 atom stereocenters. The molecule has 0 aliphatic carbocycles. The van der Waals surface area contributed by atoms with Gasteiger partial charge in [0.2, 0.25) is 0 Å². The van der Waals surface area contributed by atoms with Crippen LogP contribution in [0.1, 0.15) is 37.5 Å². The van der Waals surface area contributed by atoms with E-state index in [-0.39, 0.29) is 0 Å². The smallest absolute Gasteiger partial charge is 0.0409 e. The predicted octanol–water partition coefficient (Wildman–Crippen LogP) is 5.49. The van der Waals surface area contributed by atoms with Crippen molar-refractivity contribution < 1.29 is 0 Å². The lowest BCUT2D eigenvalue weighted by Gasteiger charge is -2.24. The van der Waals surface area contributed by atoms with Gasteiger partial charge in [0.1, 0.15) is 0 Å². The van der Waals surface area contributed by atoms with Crippen molar-refractivity contribution in [1.29, 1.82) is 0 Å². The summed E-state index contributed by atoms with van der Waals surface area (Å²) in [4.78, 5) is 4.72.